The summed E-state index contributed by atoms with van der Waals surface area (Å²) in [6, 6.07) is 6.76. The van der Waals surface area contributed by atoms with Gasteiger partial charge in [0.2, 0.25) is 5.91 Å². The van der Waals surface area contributed by atoms with E-state index in [1.54, 1.807) is 30.5 Å². The zero-order valence-electron chi connectivity index (χ0n) is 11.5. The molecule has 0 spiro atoms. The fourth-order valence-electron chi connectivity index (χ4n) is 1.99. The third-order valence-corrected chi connectivity index (χ3v) is 3.08. The number of carbonyl (C=O) groups is 1. The zero-order chi connectivity index (χ0) is 14.4. The molecule has 1 heterocycles. The molecule has 1 aromatic carbocycles. The van der Waals surface area contributed by atoms with Gasteiger partial charge in [-0.25, -0.2) is 0 Å². The summed E-state index contributed by atoms with van der Waals surface area (Å²) in [7, 11) is 0. The second-order valence-corrected chi connectivity index (χ2v) is 4.71. The van der Waals surface area contributed by atoms with Crippen LogP contribution in [-0.4, -0.2) is 21.2 Å². The number of benzene rings is 1. The lowest BCUT2D eigenvalue weighted by molar-refractivity contribution is -0.116. The van der Waals surface area contributed by atoms with Gasteiger partial charge in [-0.05, 0) is 30.7 Å². The molecule has 3 N–H and O–H groups in total. The number of nitrogens with zero attached hydrogens (tertiary/aromatic N) is 1. The summed E-state index contributed by atoms with van der Waals surface area (Å²) in [5.74, 6) is 0.151. The molecule has 0 fully saturated rings. The number of amides is 1. The molecule has 1 amide bonds. The van der Waals surface area contributed by atoms with Crippen molar-refractivity contribution >= 4 is 11.6 Å². The molecule has 0 atom stereocenters. The maximum Gasteiger partial charge on any atom is 0.224 e. The Morgan fingerprint density at radius 1 is 1.35 bits per heavy atom. The van der Waals surface area contributed by atoms with Crippen molar-refractivity contribution in [1.82, 2.24) is 10.2 Å². The van der Waals surface area contributed by atoms with Crippen molar-refractivity contribution in [2.75, 3.05) is 5.32 Å². The van der Waals surface area contributed by atoms with Gasteiger partial charge in [0.1, 0.15) is 5.75 Å². The summed E-state index contributed by atoms with van der Waals surface area (Å²) in [4.78, 5) is 11.8. The summed E-state index contributed by atoms with van der Waals surface area (Å²) in [5, 5.41) is 19.4. The number of anilines is 1. The number of nitrogens with one attached hydrogen (secondary N) is 2. The fraction of sp³-hybridized carbons (Fsp3) is 0.333. The van der Waals surface area contributed by atoms with E-state index in [2.05, 4.69) is 22.4 Å². The molecule has 0 unspecified atom stereocenters. The minimum absolute atomic E-state index is 0.000277. The molecule has 0 bridgehead atoms. The van der Waals surface area contributed by atoms with Crippen LogP contribution in [0.25, 0.3) is 11.3 Å². The molecular weight excluding hydrogens is 254 g/mol. The van der Waals surface area contributed by atoms with Crippen LogP contribution in [0.15, 0.2) is 30.5 Å². The molecule has 5 heteroatoms. The van der Waals surface area contributed by atoms with Crippen molar-refractivity contribution < 1.29 is 9.90 Å². The van der Waals surface area contributed by atoms with Gasteiger partial charge in [0.05, 0.1) is 5.69 Å². The number of aromatic nitrogens is 2. The topological polar surface area (TPSA) is 78.0 Å². The molecule has 20 heavy (non-hydrogen) atoms. The normalized spacial score (nSPS) is 10.4. The molecule has 0 aliphatic rings. The van der Waals surface area contributed by atoms with Gasteiger partial charge >= 0.3 is 0 Å². The van der Waals surface area contributed by atoms with E-state index in [9.17, 15) is 9.90 Å². The summed E-state index contributed by atoms with van der Waals surface area (Å²) in [6.45, 7) is 2.11. The zero-order valence-corrected chi connectivity index (χ0v) is 11.5. The van der Waals surface area contributed by atoms with Gasteiger partial charge in [0.15, 0.2) is 0 Å². The van der Waals surface area contributed by atoms with Crippen LogP contribution in [0.2, 0.25) is 0 Å². The van der Waals surface area contributed by atoms with E-state index in [4.69, 9.17) is 0 Å². The third kappa shape index (κ3) is 3.60. The Labute approximate surface area is 118 Å². The van der Waals surface area contributed by atoms with Crippen LogP contribution in [0.1, 0.15) is 32.6 Å². The lowest BCUT2D eigenvalue weighted by atomic mass is 10.1. The number of rotatable bonds is 6. The number of phenolic OH excluding ortho intramolecular Hbond substituents is 1. The van der Waals surface area contributed by atoms with E-state index < -0.39 is 0 Å². The van der Waals surface area contributed by atoms with Crippen molar-refractivity contribution in [3.8, 4) is 17.0 Å². The number of hydrogen-bond donors (Lipinski definition) is 3. The number of H-pyrrole nitrogens is 1. The quantitative estimate of drug-likeness (QED) is 0.558. The van der Waals surface area contributed by atoms with Gasteiger partial charge < -0.3 is 10.4 Å². The van der Waals surface area contributed by atoms with Gasteiger partial charge in [0, 0.05) is 23.9 Å². The van der Waals surface area contributed by atoms with Gasteiger partial charge in [-0.1, -0.05) is 19.8 Å². The summed E-state index contributed by atoms with van der Waals surface area (Å²) in [5.41, 5.74) is 2.01. The predicted molar refractivity (Wildman–Crippen MR) is 78.5 cm³/mol. The van der Waals surface area contributed by atoms with Gasteiger partial charge in [-0.3, -0.25) is 9.89 Å². The monoisotopic (exact) mass is 273 g/mol. The van der Waals surface area contributed by atoms with Crippen LogP contribution in [0.3, 0.4) is 0 Å². The van der Waals surface area contributed by atoms with Crippen LogP contribution >= 0.6 is 0 Å². The van der Waals surface area contributed by atoms with E-state index in [1.807, 2.05) is 0 Å². The number of unbranched alkanes of at least 4 members (excludes halogenated alkanes) is 2. The van der Waals surface area contributed by atoms with Crippen LogP contribution in [0.4, 0.5) is 5.69 Å². The average molecular weight is 273 g/mol. The first-order valence-corrected chi connectivity index (χ1v) is 6.83. The number of carbonyl (C=O) groups excluding carboxylic acids is 1. The van der Waals surface area contributed by atoms with E-state index in [-0.39, 0.29) is 11.7 Å². The van der Waals surface area contributed by atoms with Crippen LogP contribution in [0, 0.1) is 0 Å². The van der Waals surface area contributed by atoms with E-state index >= 15 is 0 Å². The van der Waals surface area contributed by atoms with Crippen molar-refractivity contribution in [3.05, 3.63) is 30.5 Å². The minimum atomic E-state index is -0.000277. The summed E-state index contributed by atoms with van der Waals surface area (Å²) >= 11 is 0. The standard InChI is InChI=1S/C15H19N3O2/c1-2-3-4-5-15(20)17-11-6-7-14(19)12(10-11)13-8-9-16-18-13/h6-10,19H,2-5H2,1H3,(H,16,18)(H,17,20). The van der Waals surface area contributed by atoms with Gasteiger partial charge in [-0.15, -0.1) is 0 Å². The van der Waals surface area contributed by atoms with Crippen molar-refractivity contribution in [3.63, 3.8) is 0 Å². The molecule has 0 radical (unpaired) electrons. The second-order valence-electron chi connectivity index (χ2n) is 4.71. The Morgan fingerprint density at radius 3 is 2.90 bits per heavy atom. The largest absolute Gasteiger partial charge is 0.507 e. The Balaban J connectivity index is 2.06. The van der Waals surface area contributed by atoms with Crippen molar-refractivity contribution in [2.24, 2.45) is 0 Å². The number of aromatic amines is 1. The fourth-order valence-corrected chi connectivity index (χ4v) is 1.99. The maximum absolute atomic E-state index is 11.8. The Hall–Kier alpha value is -2.30. The molecule has 0 saturated carbocycles. The van der Waals surface area contributed by atoms with Crippen LogP contribution < -0.4 is 5.32 Å². The first-order chi connectivity index (χ1) is 9.70. The summed E-state index contributed by atoms with van der Waals surface area (Å²) < 4.78 is 0. The summed E-state index contributed by atoms with van der Waals surface area (Å²) in [6.07, 6.45) is 5.19. The molecule has 106 valence electrons. The third-order valence-electron chi connectivity index (χ3n) is 3.08. The van der Waals surface area contributed by atoms with Crippen LogP contribution in [0.5, 0.6) is 5.75 Å². The predicted octanol–water partition coefficient (Wildman–Crippen LogP) is 3.30. The highest BCUT2D eigenvalue weighted by atomic mass is 16.3. The average Bonchev–Trinajstić information content (AvgIpc) is 2.95. The molecule has 2 aromatic rings. The van der Waals surface area contributed by atoms with Crippen LogP contribution in [-0.2, 0) is 4.79 Å². The molecule has 1 aromatic heterocycles. The molecule has 0 aliphatic carbocycles. The SMILES string of the molecule is CCCCCC(=O)Nc1ccc(O)c(-c2ccn[nH]2)c1. The van der Waals surface area contributed by atoms with Gasteiger partial charge in [0.25, 0.3) is 0 Å². The molecular formula is C15H19N3O2. The number of aromatic hydroxyl groups is 1. The lowest BCUT2D eigenvalue weighted by Gasteiger charge is -2.08. The Bertz CT molecular complexity index is 565. The first-order valence-electron chi connectivity index (χ1n) is 6.83. The van der Waals surface area contributed by atoms with E-state index in [0.717, 1.165) is 19.3 Å². The van der Waals surface area contributed by atoms with Crippen molar-refractivity contribution in [1.29, 1.82) is 0 Å². The maximum atomic E-state index is 11.8. The van der Waals surface area contributed by atoms with E-state index in [1.165, 1.54) is 0 Å². The molecule has 0 saturated heterocycles. The molecule has 2 rings (SSSR count). The van der Waals surface area contributed by atoms with Gasteiger partial charge in [-0.2, -0.15) is 5.10 Å². The minimum Gasteiger partial charge on any atom is -0.507 e. The van der Waals surface area contributed by atoms with E-state index in [0.29, 0.717) is 23.4 Å². The first kappa shape index (κ1) is 14.1. The highest BCUT2D eigenvalue weighted by molar-refractivity contribution is 5.91. The molecule has 5 nitrogen and oxygen atoms in total. The highest BCUT2D eigenvalue weighted by Gasteiger charge is 2.08. The lowest BCUT2D eigenvalue weighted by Crippen LogP contribution is -2.11. The highest BCUT2D eigenvalue weighted by Crippen LogP contribution is 2.30. The smallest absolute Gasteiger partial charge is 0.224 e. The van der Waals surface area contributed by atoms with Crippen molar-refractivity contribution in [2.45, 2.75) is 32.6 Å². The second kappa shape index (κ2) is 6.75. The Morgan fingerprint density at radius 2 is 2.20 bits per heavy atom. The number of phenols is 1. The Kier molecular flexibility index (Phi) is 4.76. The molecule has 0 aliphatic heterocycles. The number of hydrogen-bond acceptors (Lipinski definition) is 3.